The van der Waals surface area contributed by atoms with Crippen molar-refractivity contribution in [2.24, 2.45) is 0 Å². The molecule has 2 rings (SSSR count). The zero-order valence-electron chi connectivity index (χ0n) is 16.9. The molecule has 1 aromatic carbocycles. The van der Waals surface area contributed by atoms with E-state index in [-0.39, 0.29) is 5.91 Å². The molecule has 5 nitrogen and oxygen atoms in total. The van der Waals surface area contributed by atoms with Gasteiger partial charge in [0.25, 0.3) is 0 Å². The number of nitrogens with zero attached hydrogens (tertiary/aromatic N) is 1. The predicted molar refractivity (Wildman–Crippen MR) is 110 cm³/mol. The number of benzene rings is 1. The molecule has 0 radical (unpaired) electrons. The van der Waals surface area contributed by atoms with E-state index in [1.54, 1.807) is 24.7 Å². The third-order valence-corrected chi connectivity index (χ3v) is 4.36. The number of carbonyl (C=O) groups is 1. The second-order valence-electron chi connectivity index (χ2n) is 7.13. The molecule has 2 aromatic rings. The minimum Gasteiger partial charge on any atom is -0.492 e. The molecule has 0 unspecified atom stereocenters. The average molecular weight is 370 g/mol. The van der Waals surface area contributed by atoms with Crippen LogP contribution in [-0.4, -0.2) is 36.0 Å². The van der Waals surface area contributed by atoms with Crippen molar-refractivity contribution >= 4 is 17.7 Å². The fourth-order valence-electron chi connectivity index (χ4n) is 2.93. The maximum atomic E-state index is 12.1. The van der Waals surface area contributed by atoms with Crippen molar-refractivity contribution in [3.05, 3.63) is 54.0 Å². The number of carbonyl (C=O) groups excluding carboxylic acids is 1. The number of anilines is 1. The molecule has 0 bridgehead atoms. The smallest absolute Gasteiger partial charge is 0.248 e. The minimum atomic E-state index is -0.197. The Hall–Kier alpha value is -2.53. The van der Waals surface area contributed by atoms with Gasteiger partial charge in [-0.3, -0.25) is 9.69 Å². The first-order chi connectivity index (χ1) is 12.9. The van der Waals surface area contributed by atoms with Gasteiger partial charge in [-0.1, -0.05) is 6.07 Å². The fraction of sp³-hybridized carbons (Fsp3) is 0.409. The van der Waals surface area contributed by atoms with Crippen molar-refractivity contribution in [1.82, 2.24) is 4.90 Å². The summed E-state index contributed by atoms with van der Waals surface area (Å²) in [5.41, 5.74) is 2.60. The highest BCUT2D eigenvalue weighted by Gasteiger charge is 2.13. The van der Waals surface area contributed by atoms with Gasteiger partial charge in [0.15, 0.2) is 0 Å². The molecular weight excluding hydrogens is 340 g/mol. The third kappa shape index (κ3) is 6.61. The highest BCUT2D eigenvalue weighted by atomic mass is 16.5. The van der Waals surface area contributed by atoms with Crippen molar-refractivity contribution in [1.29, 1.82) is 0 Å². The Morgan fingerprint density at radius 3 is 2.59 bits per heavy atom. The highest BCUT2D eigenvalue weighted by molar-refractivity contribution is 6.02. The van der Waals surface area contributed by atoms with Gasteiger partial charge in [0.05, 0.1) is 12.5 Å². The van der Waals surface area contributed by atoms with Crippen molar-refractivity contribution < 1.29 is 13.9 Å². The summed E-state index contributed by atoms with van der Waals surface area (Å²) < 4.78 is 11.0. The van der Waals surface area contributed by atoms with Crippen molar-refractivity contribution in [2.75, 3.05) is 18.5 Å². The van der Waals surface area contributed by atoms with Gasteiger partial charge in [-0.2, -0.15) is 0 Å². The molecule has 5 heteroatoms. The summed E-state index contributed by atoms with van der Waals surface area (Å²) in [5, 5.41) is 2.86. The molecule has 1 amide bonds. The maximum absolute atomic E-state index is 12.1. The molecule has 0 saturated carbocycles. The fourth-order valence-corrected chi connectivity index (χ4v) is 2.93. The van der Waals surface area contributed by atoms with Crippen molar-refractivity contribution in [3.63, 3.8) is 0 Å². The van der Waals surface area contributed by atoms with Crippen LogP contribution in [0.2, 0.25) is 0 Å². The van der Waals surface area contributed by atoms with E-state index < -0.39 is 0 Å². The predicted octanol–water partition coefficient (Wildman–Crippen LogP) is 4.74. The zero-order chi connectivity index (χ0) is 19.8. The van der Waals surface area contributed by atoms with Gasteiger partial charge in [-0.25, -0.2) is 0 Å². The van der Waals surface area contributed by atoms with Gasteiger partial charge in [0.2, 0.25) is 5.91 Å². The number of ether oxygens (including phenoxy) is 1. The number of hydrogen-bond acceptors (Lipinski definition) is 4. The zero-order valence-corrected chi connectivity index (χ0v) is 16.9. The normalized spacial score (nSPS) is 11.7. The number of rotatable bonds is 9. The minimum absolute atomic E-state index is 0.197. The van der Waals surface area contributed by atoms with E-state index in [2.05, 4.69) is 37.9 Å². The topological polar surface area (TPSA) is 54.7 Å². The number of nitrogens with one attached hydrogen (secondary N) is 1. The summed E-state index contributed by atoms with van der Waals surface area (Å²) in [4.78, 5) is 14.5. The lowest BCUT2D eigenvalue weighted by molar-refractivity contribution is -0.111. The van der Waals surface area contributed by atoms with Gasteiger partial charge in [-0.15, -0.1) is 0 Å². The lowest BCUT2D eigenvalue weighted by Gasteiger charge is -2.30. The first-order valence-corrected chi connectivity index (χ1v) is 9.37. The van der Waals surface area contributed by atoms with Crippen LogP contribution in [0, 0.1) is 6.92 Å². The average Bonchev–Trinajstić information content (AvgIpc) is 3.12. The van der Waals surface area contributed by atoms with Gasteiger partial charge in [0, 0.05) is 42.0 Å². The van der Waals surface area contributed by atoms with Gasteiger partial charge < -0.3 is 14.5 Å². The van der Waals surface area contributed by atoms with Crippen LogP contribution < -0.4 is 10.1 Å². The number of hydrogen-bond donors (Lipinski definition) is 1. The van der Waals surface area contributed by atoms with Crippen molar-refractivity contribution in [3.8, 4) is 5.75 Å². The molecular formula is C22H30N2O3. The van der Waals surface area contributed by atoms with Crippen LogP contribution in [0.25, 0.3) is 6.08 Å². The molecule has 27 heavy (non-hydrogen) atoms. The summed E-state index contributed by atoms with van der Waals surface area (Å²) in [6.07, 6.45) is 6.34. The van der Waals surface area contributed by atoms with Crippen LogP contribution in [0.1, 0.15) is 38.8 Å². The molecule has 1 heterocycles. The SMILES string of the molecule is Cc1ccc(NC(=O)C=Cc2ccoc2)cc1OCCN(C(C)C)C(C)C. The summed E-state index contributed by atoms with van der Waals surface area (Å²) >= 11 is 0. The lowest BCUT2D eigenvalue weighted by Crippen LogP contribution is -2.39. The van der Waals surface area contributed by atoms with E-state index in [9.17, 15) is 4.79 Å². The molecule has 0 fully saturated rings. The van der Waals surface area contributed by atoms with Crippen LogP contribution in [0.5, 0.6) is 5.75 Å². The number of amides is 1. The van der Waals surface area contributed by atoms with Crippen LogP contribution in [-0.2, 0) is 4.79 Å². The van der Waals surface area contributed by atoms with Crippen LogP contribution in [0.3, 0.4) is 0 Å². The van der Waals surface area contributed by atoms with E-state index in [1.165, 1.54) is 6.08 Å². The molecule has 0 aliphatic rings. The molecule has 1 aromatic heterocycles. The van der Waals surface area contributed by atoms with E-state index in [0.717, 1.165) is 23.4 Å². The molecule has 0 aliphatic heterocycles. The molecule has 0 atom stereocenters. The third-order valence-electron chi connectivity index (χ3n) is 4.36. The van der Waals surface area contributed by atoms with Crippen LogP contribution in [0.4, 0.5) is 5.69 Å². The molecule has 0 saturated heterocycles. The molecule has 0 aliphatic carbocycles. The maximum Gasteiger partial charge on any atom is 0.248 e. The molecule has 1 N–H and O–H groups in total. The summed E-state index contributed by atoms with van der Waals surface area (Å²) in [6, 6.07) is 8.44. The van der Waals surface area contributed by atoms with E-state index in [4.69, 9.17) is 9.15 Å². The van der Waals surface area contributed by atoms with Crippen LogP contribution in [0.15, 0.2) is 47.3 Å². The molecule has 146 valence electrons. The number of furan rings is 1. The Bertz CT molecular complexity index is 741. The first-order valence-electron chi connectivity index (χ1n) is 9.37. The standard InChI is InChI=1S/C22H30N2O3/c1-16(2)24(17(3)4)11-13-27-21-14-20(8-6-18(21)5)23-22(25)9-7-19-10-12-26-15-19/h6-10,12,14-17H,11,13H2,1-5H3,(H,23,25). The summed E-state index contributed by atoms with van der Waals surface area (Å²) in [7, 11) is 0. The monoisotopic (exact) mass is 370 g/mol. The van der Waals surface area contributed by atoms with E-state index in [1.807, 2.05) is 25.1 Å². The van der Waals surface area contributed by atoms with Gasteiger partial charge in [0.1, 0.15) is 12.4 Å². The van der Waals surface area contributed by atoms with Gasteiger partial charge in [-0.05, 0) is 58.4 Å². The van der Waals surface area contributed by atoms with Crippen LogP contribution >= 0.6 is 0 Å². The first kappa shape index (κ1) is 20.8. The van der Waals surface area contributed by atoms with Gasteiger partial charge >= 0.3 is 0 Å². The summed E-state index contributed by atoms with van der Waals surface area (Å²) in [6.45, 7) is 12.2. The Morgan fingerprint density at radius 1 is 1.22 bits per heavy atom. The quantitative estimate of drug-likeness (QED) is 0.648. The Kier molecular flexibility index (Phi) is 7.67. The summed E-state index contributed by atoms with van der Waals surface area (Å²) in [5.74, 6) is 0.593. The van der Waals surface area contributed by atoms with E-state index >= 15 is 0 Å². The molecule has 0 spiro atoms. The Balaban J connectivity index is 1.94. The number of aryl methyl sites for hydroxylation is 1. The second-order valence-corrected chi connectivity index (χ2v) is 7.13. The van der Waals surface area contributed by atoms with E-state index in [0.29, 0.717) is 24.4 Å². The Labute approximate surface area is 162 Å². The highest BCUT2D eigenvalue weighted by Crippen LogP contribution is 2.23. The second kappa shape index (κ2) is 9.97. The lowest BCUT2D eigenvalue weighted by atomic mass is 10.2. The largest absolute Gasteiger partial charge is 0.492 e. The Morgan fingerprint density at radius 2 is 1.96 bits per heavy atom. The van der Waals surface area contributed by atoms with Crippen molar-refractivity contribution in [2.45, 2.75) is 46.7 Å².